The van der Waals surface area contributed by atoms with Gasteiger partial charge in [-0.25, -0.2) is 4.98 Å². The Morgan fingerprint density at radius 1 is 1.38 bits per heavy atom. The van der Waals surface area contributed by atoms with Crippen LogP contribution in [0.4, 0.5) is 5.69 Å². The number of halogens is 1. The lowest BCUT2D eigenvalue weighted by molar-refractivity contribution is -0.121. The molecule has 1 aromatic heterocycles. The van der Waals surface area contributed by atoms with Crippen molar-refractivity contribution in [3.8, 4) is 5.75 Å². The third-order valence-electron chi connectivity index (χ3n) is 3.79. The number of benzene rings is 1. The number of nitrogens with one attached hydrogen (secondary N) is 1. The second-order valence-corrected chi connectivity index (χ2v) is 6.52. The van der Waals surface area contributed by atoms with Gasteiger partial charge in [0.2, 0.25) is 0 Å². The summed E-state index contributed by atoms with van der Waals surface area (Å²) in [4.78, 5) is 30.1. The maximum Gasteiger partial charge on any atom is 0.270 e. The molecule has 0 saturated carbocycles. The lowest BCUT2D eigenvalue weighted by Gasteiger charge is -2.29. The van der Waals surface area contributed by atoms with Crippen LogP contribution in [0.1, 0.15) is 21.9 Å². The van der Waals surface area contributed by atoms with Gasteiger partial charge in [0.15, 0.2) is 6.61 Å². The van der Waals surface area contributed by atoms with Gasteiger partial charge in [0.1, 0.15) is 11.4 Å². The molecule has 1 aliphatic heterocycles. The molecule has 0 aliphatic carbocycles. The summed E-state index contributed by atoms with van der Waals surface area (Å²) >= 11 is 1.44. The van der Waals surface area contributed by atoms with Crippen LogP contribution in [0.2, 0.25) is 0 Å². The number of hydrogen-bond donors (Lipinski definition) is 2. The Kier molecular flexibility index (Phi) is 7.38. The number of fused-ring (bicyclic) bond motifs is 1. The molecule has 9 heteroatoms. The molecule has 1 aliphatic rings. The van der Waals surface area contributed by atoms with Gasteiger partial charge in [-0.2, -0.15) is 0 Å². The average Bonchev–Trinajstić information content (AvgIpc) is 3.09. The molecular weight excluding hydrogens is 376 g/mol. The Hall–Kier alpha value is -2.16. The van der Waals surface area contributed by atoms with Gasteiger partial charge in [-0.3, -0.25) is 9.59 Å². The highest BCUT2D eigenvalue weighted by atomic mass is 35.5. The second-order valence-electron chi connectivity index (χ2n) is 5.58. The van der Waals surface area contributed by atoms with Gasteiger partial charge in [-0.05, 0) is 25.1 Å². The number of anilines is 1. The molecule has 0 spiro atoms. The first-order valence-corrected chi connectivity index (χ1v) is 9.02. The molecule has 1 aromatic carbocycles. The van der Waals surface area contributed by atoms with Gasteiger partial charge in [0.05, 0.1) is 10.7 Å². The van der Waals surface area contributed by atoms with Crippen molar-refractivity contribution < 1.29 is 14.3 Å². The molecule has 7 nitrogen and oxygen atoms in total. The number of nitrogens with two attached hydrogens (primary N) is 1. The van der Waals surface area contributed by atoms with Crippen LogP contribution in [-0.4, -0.2) is 43.0 Å². The minimum Gasteiger partial charge on any atom is -0.482 e. The van der Waals surface area contributed by atoms with E-state index in [1.165, 1.54) is 11.3 Å². The van der Waals surface area contributed by atoms with Gasteiger partial charge in [0, 0.05) is 24.9 Å². The van der Waals surface area contributed by atoms with Crippen molar-refractivity contribution in [2.75, 3.05) is 31.1 Å². The Morgan fingerprint density at radius 3 is 3.00 bits per heavy atom. The molecule has 0 radical (unpaired) electrons. The predicted octanol–water partition coefficient (Wildman–Crippen LogP) is 1.61. The van der Waals surface area contributed by atoms with Crippen LogP contribution in [0, 0.1) is 0 Å². The largest absolute Gasteiger partial charge is 0.482 e. The molecule has 26 heavy (non-hydrogen) atoms. The summed E-state index contributed by atoms with van der Waals surface area (Å²) in [5.41, 5.74) is 6.68. The van der Waals surface area contributed by atoms with Crippen molar-refractivity contribution in [1.29, 1.82) is 0 Å². The van der Waals surface area contributed by atoms with Crippen LogP contribution in [-0.2, 0) is 11.2 Å². The van der Waals surface area contributed by atoms with Crippen molar-refractivity contribution in [2.24, 2.45) is 5.73 Å². The number of aromatic nitrogens is 1. The summed E-state index contributed by atoms with van der Waals surface area (Å²) in [7, 11) is 0. The Labute approximate surface area is 162 Å². The number of rotatable bonds is 7. The summed E-state index contributed by atoms with van der Waals surface area (Å²) in [6.07, 6.45) is 1.32. The van der Waals surface area contributed by atoms with E-state index in [1.807, 2.05) is 24.3 Å². The van der Waals surface area contributed by atoms with E-state index in [2.05, 4.69) is 10.3 Å². The zero-order valence-electron chi connectivity index (χ0n) is 14.1. The minimum atomic E-state index is -0.201. The summed E-state index contributed by atoms with van der Waals surface area (Å²) in [6, 6.07) is 7.45. The van der Waals surface area contributed by atoms with Gasteiger partial charge < -0.3 is 20.7 Å². The van der Waals surface area contributed by atoms with Crippen LogP contribution in [0.5, 0.6) is 5.75 Å². The van der Waals surface area contributed by atoms with E-state index in [0.29, 0.717) is 43.9 Å². The normalized spacial score (nSPS) is 12.8. The van der Waals surface area contributed by atoms with E-state index >= 15 is 0 Å². The number of ether oxygens (including phenoxy) is 1. The fourth-order valence-corrected chi connectivity index (χ4v) is 3.38. The number of carbonyl (C=O) groups is 2. The zero-order valence-corrected chi connectivity index (χ0v) is 15.8. The number of amides is 2. The van der Waals surface area contributed by atoms with E-state index in [4.69, 9.17) is 10.5 Å². The minimum absolute atomic E-state index is 0. The van der Waals surface area contributed by atoms with Crippen molar-refractivity contribution in [1.82, 2.24) is 10.3 Å². The molecule has 2 aromatic rings. The maximum atomic E-state index is 12.1. The summed E-state index contributed by atoms with van der Waals surface area (Å²) in [5.74, 6) is 0.435. The highest BCUT2D eigenvalue weighted by Crippen LogP contribution is 2.31. The first-order chi connectivity index (χ1) is 12.2. The topological polar surface area (TPSA) is 97.5 Å². The van der Waals surface area contributed by atoms with E-state index in [9.17, 15) is 9.59 Å². The van der Waals surface area contributed by atoms with Crippen molar-refractivity contribution >= 4 is 41.2 Å². The number of hydrogen-bond acceptors (Lipinski definition) is 6. The standard InChI is InChI=1S/C17H20N4O3S.ClH/c18-7-6-15-20-12(11-25-15)17(23)19-8-3-9-21-13-4-1-2-5-14(13)24-10-16(21)22;/h1-2,4-5,11H,3,6-10,18H2,(H,19,23);1H. The molecule has 0 unspecified atom stereocenters. The van der Waals surface area contributed by atoms with Gasteiger partial charge in [-0.15, -0.1) is 23.7 Å². The second kappa shape index (κ2) is 9.51. The number of carbonyl (C=O) groups excluding carboxylic acids is 2. The highest BCUT2D eigenvalue weighted by Gasteiger charge is 2.24. The SMILES string of the molecule is Cl.NCCc1nc(C(=O)NCCCN2C(=O)COc3ccccc32)cs1. The molecule has 0 bridgehead atoms. The van der Waals surface area contributed by atoms with Crippen LogP contribution in [0.3, 0.4) is 0 Å². The number of thiazole rings is 1. The molecule has 0 fully saturated rings. The van der Waals surface area contributed by atoms with E-state index in [-0.39, 0.29) is 30.8 Å². The fraction of sp³-hybridized carbons (Fsp3) is 0.353. The van der Waals surface area contributed by atoms with Gasteiger partial charge in [-0.1, -0.05) is 12.1 Å². The summed E-state index contributed by atoms with van der Waals surface area (Å²) in [5, 5.41) is 5.44. The number of nitrogens with zero attached hydrogens (tertiary/aromatic N) is 2. The lowest BCUT2D eigenvalue weighted by Crippen LogP contribution is -2.40. The third-order valence-corrected chi connectivity index (χ3v) is 4.70. The highest BCUT2D eigenvalue weighted by molar-refractivity contribution is 7.09. The van der Waals surface area contributed by atoms with Crippen molar-refractivity contribution in [2.45, 2.75) is 12.8 Å². The van der Waals surface area contributed by atoms with E-state index in [0.717, 1.165) is 10.7 Å². The third kappa shape index (κ3) is 4.72. The Balaban J connectivity index is 0.00000243. The Bertz CT molecular complexity index is 768. The van der Waals surface area contributed by atoms with Crippen molar-refractivity contribution in [3.05, 3.63) is 40.3 Å². The zero-order chi connectivity index (χ0) is 17.6. The molecular formula is C17H21ClN4O3S. The first-order valence-electron chi connectivity index (χ1n) is 8.14. The van der Waals surface area contributed by atoms with Gasteiger partial charge in [0.25, 0.3) is 11.8 Å². The molecule has 3 N–H and O–H groups in total. The Morgan fingerprint density at radius 2 is 2.19 bits per heavy atom. The molecule has 0 saturated heterocycles. The maximum absolute atomic E-state index is 12.1. The van der Waals surface area contributed by atoms with E-state index in [1.54, 1.807) is 10.3 Å². The molecule has 2 heterocycles. The van der Waals surface area contributed by atoms with Crippen LogP contribution >= 0.6 is 23.7 Å². The van der Waals surface area contributed by atoms with Gasteiger partial charge >= 0.3 is 0 Å². The average molecular weight is 397 g/mol. The molecule has 3 rings (SSSR count). The van der Waals surface area contributed by atoms with Crippen LogP contribution in [0.15, 0.2) is 29.6 Å². The molecule has 0 atom stereocenters. The smallest absolute Gasteiger partial charge is 0.270 e. The van der Waals surface area contributed by atoms with E-state index < -0.39 is 0 Å². The van der Waals surface area contributed by atoms with Crippen molar-refractivity contribution in [3.63, 3.8) is 0 Å². The fourth-order valence-electron chi connectivity index (χ4n) is 2.58. The van der Waals surface area contributed by atoms with Crippen LogP contribution < -0.4 is 20.7 Å². The molecule has 140 valence electrons. The first kappa shape index (κ1) is 20.2. The predicted molar refractivity (Wildman–Crippen MR) is 103 cm³/mol. The van der Waals surface area contributed by atoms with Crippen LogP contribution in [0.25, 0.3) is 0 Å². The monoisotopic (exact) mass is 396 g/mol. The molecule has 2 amide bonds. The summed E-state index contributed by atoms with van der Waals surface area (Å²) in [6.45, 7) is 1.56. The number of para-hydroxylation sites is 2. The quantitative estimate of drug-likeness (QED) is 0.693. The lowest BCUT2D eigenvalue weighted by atomic mass is 10.2. The summed E-state index contributed by atoms with van der Waals surface area (Å²) < 4.78 is 5.41.